The molecule has 6 nitrogen and oxygen atoms in total. The predicted octanol–water partition coefficient (Wildman–Crippen LogP) is 3.85. The van der Waals surface area contributed by atoms with E-state index in [0.717, 1.165) is 5.56 Å². The standard InChI is InChI=1S/C20H22FN5O/c1-13(2)18(12-27)25-20-24-17(14-7-9-22-10-8-14)11-19(26-20)23-16-5-3-15(21)4-6-16/h3-11,13,18,27H,12H2,1-2H3,(H2,23,24,25,26)/t18-/m1/s1. The number of rotatable bonds is 7. The molecular formula is C20H22FN5O. The third-order valence-corrected chi connectivity index (χ3v) is 4.13. The molecule has 27 heavy (non-hydrogen) atoms. The summed E-state index contributed by atoms with van der Waals surface area (Å²) in [7, 11) is 0. The molecular weight excluding hydrogens is 345 g/mol. The molecule has 0 aliphatic heterocycles. The maximum absolute atomic E-state index is 13.1. The first-order valence-corrected chi connectivity index (χ1v) is 8.74. The van der Waals surface area contributed by atoms with Crippen LogP contribution in [-0.4, -0.2) is 32.7 Å². The van der Waals surface area contributed by atoms with Crippen molar-refractivity contribution in [2.75, 3.05) is 17.2 Å². The Bertz CT molecular complexity index is 871. The summed E-state index contributed by atoms with van der Waals surface area (Å²) in [6.07, 6.45) is 3.39. The fourth-order valence-electron chi connectivity index (χ4n) is 2.52. The number of aliphatic hydroxyl groups excluding tert-OH is 1. The predicted molar refractivity (Wildman–Crippen MR) is 104 cm³/mol. The van der Waals surface area contributed by atoms with E-state index in [0.29, 0.717) is 23.1 Å². The van der Waals surface area contributed by atoms with Crippen LogP contribution in [0.5, 0.6) is 0 Å². The van der Waals surface area contributed by atoms with Gasteiger partial charge in [-0.15, -0.1) is 0 Å². The van der Waals surface area contributed by atoms with E-state index in [1.165, 1.54) is 12.1 Å². The Hall–Kier alpha value is -3.06. The third-order valence-electron chi connectivity index (χ3n) is 4.13. The number of benzene rings is 1. The second-order valence-electron chi connectivity index (χ2n) is 6.51. The van der Waals surface area contributed by atoms with Crippen molar-refractivity contribution >= 4 is 17.5 Å². The minimum absolute atomic E-state index is 0.0266. The zero-order valence-electron chi connectivity index (χ0n) is 15.2. The lowest BCUT2D eigenvalue weighted by Gasteiger charge is -2.20. The van der Waals surface area contributed by atoms with Gasteiger partial charge in [-0.2, -0.15) is 4.98 Å². The molecule has 2 heterocycles. The van der Waals surface area contributed by atoms with Crippen LogP contribution in [0, 0.1) is 11.7 Å². The molecule has 0 amide bonds. The van der Waals surface area contributed by atoms with Crippen LogP contribution in [0.4, 0.5) is 21.8 Å². The SMILES string of the molecule is CC(C)[C@@H](CO)Nc1nc(Nc2ccc(F)cc2)cc(-c2ccncc2)n1. The van der Waals surface area contributed by atoms with Crippen LogP contribution >= 0.6 is 0 Å². The van der Waals surface area contributed by atoms with Gasteiger partial charge in [-0.1, -0.05) is 13.8 Å². The summed E-state index contributed by atoms with van der Waals surface area (Å²) in [6.45, 7) is 4.00. The molecule has 0 aliphatic carbocycles. The number of aliphatic hydroxyl groups is 1. The summed E-state index contributed by atoms with van der Waals surface area (Å²) in [5.41, 5.74) is 2.31. The van der Waals surface area contributed by atoms with Crippen LogP contribution in [-0.2, 0) is 0 Å². The van der Waals surface area contributed by atoms with Crippen molar-refractivity contribution in [1.29, 1.82) is 0 Å². The van der Waals surface area contributed by atoms with Crippen LogP contribution in [0.2, 0.25) is 0 Å². The van der Waals surface area contributed by atoms with Gasteiger partial charge < -0.3 is 15.7 Å². The monoisotopic (exact) mass is 367 g/mol. The number of aromatic nitrogens is 3. The van der Waals surface area contributed by atoms with Gasteiger partial charge in [-0.3, -0.25) is 4.98 Å². The molecule has 0 aliphatic rings. The number of hydrogen-bond donors (Lipinski definition) is 3. The number of nitrogens with zero attached hydrogens (tertiary/aromatic N) is 3. The second kappa shape index (κ2) is 8.55. The van der Waals surface area contributed by atoms with Gasteiger partial charge in [0.2, 0.25) is 5.95 Å². The van der Waals surface area contributed by atoms with Crippen LogP contribution in [0.25, 0.3) is 11.3 Å². The van der Waals surface area contributed by atoms with Gasteiger partial charge in [0, 0.05) is 29.7 Å². The van der Waals surface area contributed by atoms with Crippen LogP contribution < -0.4 is 10.6 Å². The van der Waals surface area contributed by atoms with Gasteiger partial charge in [-0.05, 0) is 42.3 Å². The molecule has 0 radical (unpaired) electrons. The molecule has 0 saturated heterocycles. The summed E-state index contributed by atoms with van der Waals surface area (Å²) in [5, 5.41) is 15.9. The maximum atomic E-state index is 13.1. The van der Waals surface area contributed by atoms with E-state index >= 15 is 0 Å². The van der Waals surface area contributed by atoms with E-state index in [2.05, 4.69) is 25.6 Å². The first kappa shape index (κ1) is 18.7. The van der Waals surface area contributed by atoms with Crippen molar-refractivity contribution in [1.82, 2.24) is 15.0 Å². The summed E-state index contributed by atoms with van der Waals surface area (Å²) in [6, 6.07) is 11.4. The number of hydrogen-bond acceptors (Lipinski definition) is 6. The van der Waals surface area contributed by atoms with Gasteiger partial charge >= 0.3 is 0 Å². The van der Waals surface area contributed by atoms with E-state index in [9.17, 15) is 9.50 Å². The van der Waals surface area contributed by atoms with E-state index < -0.39 is 0 Å². The average molecular weight is 367 g/mol. The third kappa shape index (κ3) is 4.98. The second-order valence-corrected chi connectivity index (χ2v) is 6.51. The van der Waals surface area contributed by atoms with Crippen LogP contribution in [0.3, 0.4) is 0 Å². The highest BCUT2D eigenvalue weighted by molar-refractivity contribution is 5.67. The first-order valence-electron chi connectivity index (χ1n) is 8.74. The zero-order valence-corrected chi connectivity index (χ0v) is 15.2. The highest BCUT2D eigenvalue weighted by Crippen LogP contribution is 2.24. The molecule has 1 aromatic carbocycles. The Morgan fingerprint density at radius 2 is 1.74 bits per heavy atom. The topological polar surface area (TPSA) is 83.0 Å². The lowest BCUT2D eigenvalue weighted by atomic mass is 10.1. The van der Waals surface area contributed by atoms with Crippen molar-refractivity contribution < 1.29 is 9.50 Å². The van der Waals surface area contributed by atoms with Crippen molar-refractivity contribution in [2.24, 2.45) is 5.92 Å². The van der Waals surface area contributed by atoms with E-state index in [4.69, 9.17) is 0 Å². The molecule has 0 bridgehead atoms. The molecule has 0 saturated carbocycles. The average Bonchev–Trinajstić information content (AvgIpc) is 2.68. The Labute approximate surface area is 157 Å². The largest absolute Gasteiger partial charge is 0.394 e. The van der Waals surface area contributed by atoms with Crippen molar-refractivity contribution in [2.45, 2.75) is 19.9 Å². The Balaban J connectivity index is 1.96. The fourth-order valence-corrected chi connectivity index (χ4v) is 2.52. The molecule has 0 spiro atoms. The number of nitrogens with one attached hydrogen (secondary N) is 2. The van der Waals surface area contributed by atoms with Gasteiger partial charge in [0.1, 0.15) is 11.6 Å². The normalized spacial score (nSPS) is 12.0. The minimum atomic E-state index is -0.300. The lowest BCUT2D eigenvalue weighted by Crippen LogP contribution is -2.30. The van der Waals surface area contributed by atoms with E-state index in [1.807, 2.05) is 32.0 Å². The molecule has 140 valence electrons. The summed E-state index contributed by atoms with van der Waals surface area (Å²) in [4.78, 5) is 13.1. The summed E-state index contributed by atoms with van der Waals surface area (Å²) >= 11 is 0. The van der Waals surface area contributed by atoms with Crippen LogP contribution in [0.15, 0.2) is 54.9 Å². The lowest BCUT2D eigenvalue weighted by molar-refractivity contribution is 0.248. The van der Waals surface area contributed by atoms with Crippen molar-refractivity contribution in [3.8, 4) is 11.3 Å². The molecule has 3 aromatic rings. The molecule has 0 unspecified atom stereocenters. The van der Waals surface area contributed by atoms with Crippen molar-refractivity contribution in [3.63, 3.8) is 0 Å². The van der Waals surface area contributed by atoms with Gasteiger partial charge in [-0.25, -0.2) is 9.37 Å². The highest BCUT2D eigenvalue weighted by atomic mass is 19.1. The smallest absolute Gasteiger partial charge is 0.225 e. The van der Waals surface area contributed by atoms with E-state index in [1.54, 1.807) is 24.5 Å². The Morgan fingerprint density at radius 3 is 2.37 bits per heavy atom. The molecule has 3 rings (SSSR count). The minimum Gasteiger partial charge on any atom is -0.394 e. The Morgan fingerprint density at radius 1 is 1.04 bits per heavy atom. The molecule has 2 aromatic heterocycles. The van der Waals surface area contributed by atoms with Gasteiger partial charge in [0.15, 0.2) is 0 Å². The summed E-state index contributed by atoms with van der Waals surface area (Å²) < 4.78 is 13.1. The van der Waals surface area contributed by atoms with Gasteiger partial charge in [0.05, 0.1) is 18.3 Å². The van der Waals surface area contributed by atoms with Crippen molar-refractivity contribution in [3.05, 3.63) is 60.7 Å². The zero-order chi connectivity index (χ0) is 19.2. The molecule has 1 atom stereocenters. The fraction of sp³-hybridized carbons (Fsp3) is 0.250. The molecule has 3 N–H and O–H groups in total. The van der Waals surface area contributed by atoms with Gasteiger partial charge in [0.25, 0.3) is 0 Å². The van der Waals surface area contributed by atoms with E-state index in [-0.39, 0.29) is 24.4 Å². The summed E-state index contributed by atoms with van der Waals surface area (Å²) in [5.74, 6) is 0.871. The number of halogens is 1. The number of pyridine rings is 1. The highest BCUT2D eigenvalue weighted by Gasteiger charge is 2.15. The Kier molecular flexibility index (Phi) is 5.93. The number of anilines is 3. The maximum Gasteiger partial charge on any atom is 0.225 e. The first-order chi connectivity index (χ1) is 13.0. The molecule has 0 fully saturated rings. The quantitative estimate of drug-likeness (QED) is 0.588. The molecule has 7 heteroatoms. The van der Waals surface area contributed by atoms with Crippen LogP contribution in [0.1, 0.15) is 13.8 Å².